The molecule has 150 valence electrons. The van der Waals surface area contributed by atoms with Crippen molar-refractivity contribution in [2.75, 3.05) is 11.9 Å². The summed E-state index contributed by atoms with van der Waals surface area (Å²) in [6.45, 7) is -0.853. The zero-order chi connectivity index (χ0) is 20.3. The number of aliphatic hydroxyl groups excluding tert-OH is 2. The molecule has 0 radical (unpaired) electrons. The van der Waals surface area contributed by atoms with Gasteiger partial charge in [-0.15, -0.1) is 0 Å². The van der Waals surface area contributed by atoms with Crippen molar-refractivity contribution < 1.29 is 33.3 Å². The van der Waals surface area contributed by atoms with E-state index in [-0.39, 0.29) is 12.4 Å². The van der Waals surface area contributed by atoms with Crippen LogP contribution >= 0.6 is 0 Å². The number of nitrogens with one attached hydrogen (secondary N) is 1. The van der Waals surface area contributed by atoms with Crippen LogP contribution in [-0.4, -0.2) is 50.6 Å². The molecule has 1 unspecified atom stereocenters. The van der Waals surface area contributed by atoms with Gasteiger partial charge in [0, 0.05) is 6.20 Å². The first-order valence-electron chi connectivity index (χ1n) is 8.22. The highest BCUT2D eigenvalue weighted by atomic mass is 19.3. The fourth-order valence-corrected chi connectivity index (χ4v) is 2.64. The zero-order valence-electron chi connectivity index (χ0n) is 14.4. The second-order valence-corrected chi connectivity index (χ2v) is 6.02. The maximum Gasteiger partial charge on any atom is 0.413 e. The average Bonchev–Trinajstić information content (AvgIpc) is 2.90. The first-order valence-corrected chi connectivity index (χ1v) is 8.22. The van der Waals surface area contributed by atoms with Gasteiger partial charge in [0.1, 0.15) is 18.5 Å². The number of aromatic nitrogens is 2. The first kappa shape index (κ1) is 19.9. The summed E-state index contributed by atoms with van der Waals surface area (Å²) >= 11 is 0. The molecule has 1 saturated heterocycles. The number of ether oxygens (including phenoxy) is 2. The lowest BCUT2D eigenvalue weighted by molar-refractivity contribution is -0.140. The van der Waals surface area contributed by atoms with Crippen LogP contribution in [0.4, 0.5) is 19.4 Å². The van der Waals surface area contributed by atoms with Crippen molar-refractivity contribution >= 4 is 11.9 Å². The Morgan fingerprint density at radius 2 is 2.04 bits per heavy atom. The van der Waals surface area contributed by atoms with Gasteiger partial charge >= 0.3 is 17.7 Å². The Kier molecular flexibility index (Phi) is 5.68. The predicted octanol–water partition coefficient (Wildman–Crippen LogP) is 0.878. The largest absolute Gasteiger partial charge is 0.444 e. The number of carbonyl (C=O) groups excluding carboxylic acids is 1. The van der Waals surface area contributed by atoms with Gasteiger partial charge in [0.05, 0.1) is 6.61 Å². The number of benzene rings is 1. The van der Waals surface area contributed by atoms with Gasteiger partial charge in [0.15, 0.2) is 6.10 Å². The second-order valence-electron chi connectivity index (χ2n) is 6.02. The highest BCUT2D eigenvalue weighted by Gasteiger charge is 2.59. The van der Waals surface area contributed by atoms with Crippen LogP contribution in [0.2, 0.25) is 0 Å². The molecule has 0 aliphatic carbocycles. The standard InChI is InChI=1S/C17H17F2N3O6/c18-17(19)13(24)11(8-23)28-14(17)22-7-6-12(20-15(22)25)21-16(26)27-9-10-4-2-1-3-5-10/h1-7,11,13-14,23-24H,8-9H2,(H,20,21,25,26)/t11-,13?,14-/m1/s1. The lowest BCUT2D eigenvalue weighted by atomic mass is 10.1. The first-order chi connectivity index (χ1) is 13.3. The number of hydrogen-bond acceptors (Lipinski definition) is 7. The molecule has 1 aromatic heterocycles. The summed E-state index contributed by atoms with van der Waals surface area (Å²) in [7, 11) is 0. The minimum atomic E-state index is -3.82. The van der Waals surface area contributed by atoms with Crippen molar-refractivity contribution in [3.05, 3.63) is 58.6 Å². The molecule has 1 aliphatic rings. The number of carbonyl (C=O) groups is 1. The Bertz CT molecular complexity index is 892. The summed E-state index contributed by atoms with van der Waals surface area (Å²) in [5.41, 5.74) is -0.394. The molecule has 0 saturated carbocycles. The van der Waals surface area contributed by atoms with Gasteiger partial charge in [0.2, 0.25) is 6.23 Å². The van der Waals surface area contributed by atoms with Gasteiger partial charge in [-0.3, -0.25) is 9.88 Å². The summed E-state index contributed by atoms with van der Waals surface area (Å²) in [6, 6.07) is 9.96. The molecule has 3 rings (SSSR count). The lowest BCUT2D eigenvalue weighted by Crippen LogP contribution is -2.41. The minimum absolute atomic E-state index is 0.00763. The molecule has 9 nitrogen and oxygen atoms in total. The molecule has 1 amide bonds. The number of nitrogens with zero attached hydrogens (tertiary/aromatic N) is 2. The van der Waals surface area contributed by atoms with E-state index in [2.05, 4.69) is 10.3 Å². The molecular weight excluding hydrogens is 380 g/mol. The number of anilines is 1. The van der Waals surface area contributed by atoms with Crippen LogP contribution in [-0.2, 0) is 16.1 Å². The van der Waals surface area contributed by atoms with E-state index in [9.17, 15) is 23.5 Å². The summed E-state index contributed by atoms with van der Waals surface area (Å²) in [6.07, 6.45) is -5.91. The van der Waals surface area contributed by atoms with Crippen LogP contribution in [0.5, 0.6) is 0 Å². The summed E-state index contributed by atoms with van der Waals surface area (Å²) in [5.74, 6) is -4.03. The van der Waals surface area contributed by atoms with Gasteiger partial charge in [-0.25, -0.2) is 9.59 Å². The highest BCUT2D eigenvalue weighted by molar-refractivity contribution is 5.83. The van der Waals surface area contributed by atoms with Crippen molar-refractivity contribution in [2.45, 2.75) is 31.0 Å². The Labute approximate surface area is 157 Å². The van der Waals surface area contributed by atoms with E-state index in [0.29, 0.717) is 4.57 Å². The fraction of sp³-hybridized carbons (Fsp3) is 0.353. The van der Waals surface area contributed by atoms with Gasteiger partial charge in [-0.05, 0) is 11.6 Å². The number of halogens is 2. The number of hydrogen-bond donors (Lipinski definition) is 3. The van der Waals surface area contributed by atoms with Crippen LogP contribution < -0.4 is 11.0 Å². The normalized spacial score (nSPS) is 23.4. The molecule has 1 fully saturated rings. The number of amides is 1. The smallest absolute Gasteiger partial charge is 0.413 e. The van der Waals surface area contributed by atoms with Crippen LogP contribution in [0.3, 0.4) is 0 Å². The topological polar surface area (TPSA) is 123 Å². The molecule has 0 spiro atoms. The molecule has 2 heterocycles. The fourth-order valence-electron chi connectivity index (χ4n) is 2.64. The van der Waals surface area contributed by atoms with Crippen molar-refractivity contribution in [1.82, 2.24) is 9.55 Å². The Hall–Kier alpha value is -2.89. The van der Waals surface area contributed by atoms with E-state index in [1.807, 2.05) is 6.07 Å². The molecule has 3 N–H and O–H groups in total. The number of rotatable bonds is 5. The Morgan fingerprint density at radius 1 is 1.32 bits per heavy atom. The minimum Gasteiger partial charge on any atom is -0.444 e. The highest BCUT2D eigenvalue weighted by Crippen LogP contribution is 2.41. The summed E-state index contributed by atoms with van der Waals surface area (Å²) in [5, 5.41) is 20.7. The third-order valence-electron chi connectivity index (χ3n) is 4.08. The molecule has 3 atom stereocenters. The molecule has 1 aliphatic heterocycles. The van der Waals surface area contributed by atoms with Crippen LogP contribution in [0.15, 0.2) is 47.4 Å². The molecule has 1 aromatic carbocycles. The van der Waals surface area contributed by atoms with Crippen molar-refractivity contribution in [3.63, 3.8) is 0 Å². The van der Waals surface area contributed by atoms with E-state index < -0.39 is 42.7 Å². The van der Waals surface area contributed by atoms with E-state index in [4.69, 9.17) is 14.6 Å². The Morgan fingerprint density at radius 3 is 2.64 bits per heavy atom. The average molecular weight is 397 g/mol. The molecule has 28 heavy (non-hydrogen) atoms. The van der Waals surface area contributed by atoms with Gasteiger partial charge in [-0.1, -0.05) is 30.3 Å². The summed E-state index contributed by atoms with van der Waals surface area (Å²) < 4.78 is 38.5. The van der Waals surface area contributed by atoms with E-state index in [0.717, 1.165) is 17.8 Å². The van der Waals surface area contributed by atoms with E-state index in [1.54, 1.807) is 24.3 Å². The lowest BCUT2D eigenvalue weighted by Gasteiger charge is -2.21. The Balaban J connectivity index is 1.67. The monoisotopic (exact) mass is 397 g/mol. The maximum absolute atomic E-state index is 14.1. The SMILES string of the molecule is O=C(Nc1ccn([C@@H]2O[C@H](CO)C(O)C2(F)F)c(=O)n1)OCc1ccccc1. The second kappa shape index (κ2) is 8.00. The molecular formula is C17H17F2N3O6. The van der Waals surface area contributed by atoms with Crippen LogP contribution in [0.1, 0.15) is 11.8 Å². The predicted molar refractivity (Wildman–Crippen MR) is 90.7 cm³/mol. The number of aliphatic hydroxyl groups is 2. The van der Waals surface area contributed by atoms with Gasteiger partial charge in [0.25, 0.3) is 0 Å². The van der Waals surface area contributed by atoms with Crippen molar-refractivity contribution in [2.24, 2.45) is 0 Å². The van der Waals surface area contributed by atoms with E-state index >= 15 is 0 Å². The molecule has 2 aromatic rings. The molecule has 11 heteroatoms. The maximum atomic E-state index is 14.1. The van der Waals surface area contributed by atoms with Gasteiger partial charge < -0.3 is 19.7 Å². The molecule has 0 bridgehead atoms. The van der Waals surface area contributed by atoms with Crippen LogP contribution in [0, 0.1) is 0 Å². The number of alkyl halides is 2. The third-order valence-corrected chi connectivity index (χ3v) is 4.08. The van der Waals surface area contributed by atoms with Crippen molar-refractivity contribution in [3.8, 4) is 0 Å². The quantitative estimate of drug-likeness (QED) is 0.684. The van der Waals surface area contributed by atoms with Crippen molar-refractivity contribution in [1.29, 1.82) is 0 Å². The van der Waals surface area contributed by atoms with Gasteiger partial charge in [-0.2, -0.15) is 13.8 Å². The summed E-state index contributed by atoms with van der Waals surface area (Å²) in [4.78, 5) is 27.4. The van der Waals surface area contributed by atoms with E-state index in [1.165, 1.54) is 0 Å². The van der Waals surface area contributed by atoms with Crippen LogP contribution in [0.25, 0.3) is 0 Å². The zero-order valence-corrected chi connectivity index (χ0v) is 14.4. The third kappa shape index (κ3) is 4.01.